The Balaban J connectivity index is 2.62. The molecule has 0 aliphatic carbocycles. The lowest BCUT2D eigenvalue weighted by molar-refractivity contribution is -0.137. The first-order chi connectivity index (χ1) is 6.75. The number of carbonyl (C=O) groups is 2. The molecule has 0 saturated heterocycles. The van der Waals surface area contributed by atoms with E-state index in [0.717, 1.165) is 0 Å². The van der Waals surface area contributed by atoms with Gasteiger partial charge in [-0.05, 0) is 0 Å². The minimum Gasteiger partial charge on any atom is -0.458 e. The Bertz CT molecular complexity index is 321. The summed E-state index contributed by atoms with van der Waals surface area (Å²) >= 11 is 5.31. The molecule has 0 aliphatic rings. The highest BCUT2D eigenvalue weighted by atomic mass is 35.5. The van der Waals surface area contributed by atoms with Crippen molar-refractivity contribution in [3.8, 4) is 0 Å². The summed E-state index contributed by atoms with van der Waals surface area (Å²) in [6.07, 6.45) is 0. The second-order valence-corrected chi connectivity index (χ2v) is 2.90. The molecule has 0 amide bonds. The van der Waals surface area contributed by atoms with Crippen molar-refractivity contribution in [2.75, 3.05) is 12.5 Å². The van der Waals surface area contributed by atoms with Gasteiger partial charge in [0.05, 0.1) is 5.88 Å². The number of ketones is 1. The van der Waals surface area contributed by atoms with E-state index >= 15 is 0 Å². The smallest absolute Gasteiger partial charge is 0.379 e. The van der Waals surface area contributed by atoms with Crippen LogP contribution in [-0.2, 0) is 9.53 Å². The number of alkyl halides is 1. The minimum absolute atomic E-state index is 0.0545. The standard InChI is InChI=1S/C10H9ClO3/c11-6-7-14-10(13)9(12)8-4-2-1-3-5-8/h1-5H,6-7H2. The van der Waals surface area contributed by atoms with Crippen molar-refractivity contribution in [3.05, 3.63) is 35.9 Å². The van der Waals surface area contributed by atoms with Gasteiger partial charge in [-0.15, -0.1) is 11.6 Å². The van der Waals surface area contributed by atoms with Gasteiger partial charge < -0.3 is 4.74 Å². The third kappa shape index (κ3) is 2.85. The number of rotatable bonds is 4. The van der Waals surface area contributed by atoms with Crippen molar-refractivity contribution in [1.29, 1.82) is 0 Å². The van der Waals surface area contributed by atoms with Gasteiger partial charge >= 0.3 is 5.97 Å². The largest absolute Gasteiger partial charge is 0.458 e. The second kappa shape index (κ2) is 5.40. The fraction of sp³-hybridized carbons (Fsp3) is 0.200. The predicted molar refractivity (Wildman–Crippen MR) is 52.5 cm³/mol. The van der Waals surface area contributed by atoms with E-state index in [2.05, 4.69) is 4.74 Å². The first-order valence-corrected chi connectivity index (χ1v) is 4.61. The maximum absolute atomic E-state index is 11.3. The number of hydrogen-bond acceptors (Lipinski definition) is 3. The summed E-state index contributed by atoms with van der Waals surface area (Å²) in [5, 5.41) is 0. The van der Waals surface area contributed by atoms with Crippen LogP contribution in [0.4, 0.5) is 0 Å². The second-order valence-electron chi connectivity index (χ2n) is 2.52. The van der Waals surface area contributed by atoms with Gasteiger partial charge in [0.2, 0.25) is 0 Å². The zero-order valence-electron chi connectivity index (χ0n) is 7.40. The highest BCUT2D eigenvalue weighted by molar-refractivity contribution is 6.40. The molecule has 74 valence electrons. The summed E-state index contributed by atoms with van der Waals surface area (Å²) in [6, 6.07) is 8.25. The molecule has 0 aliphatic heterocycles. The first-order valence-electron chi connectivity index (χ1n) is 4.08. The molecule has 0 spiro atoms. The van der Waals surface area contributed by atoms with Gasteiger partial charge in [0.25, 0.3) is 5.78 Å². The Morgan fingerprint density at radius 2 is 1.86 bits per heavy atom. The predicted octanol–water partition coefficient (Wildman–Crippen LogP) is 1.65. The molecular weight excluding hydrogens is 204 g/mol. The Hall–Kier alpha value is -1.35. The molecule has 3 nitrogen and oxygen atoms in total. The molecule has 14 heavy (non-hydrogen) atoms. The highest BCUT2D eigenvalue weighted by Gasteiger charge is 2.16. The van der Waals surface area contributed by atoms with Crippen LogP contribution in [0.25, 0.3) is 0 Å². The molecule has 1 aromatic rings. The maximum atomic E-state index is 11.3. The van der Waals surface area contributed by atoms with Crippen LogP contribution >= 0.6 is 11.6 Å². The van der Waals surface area contributed by atoms with Gasteiger partial charge in [-0.3, -0.25) is 4.79 Å². The fourth-order valence-electron chi connectivity index (χ4n) is 0.904. The molecular formula is C10H9ClO3. The third-order valence-electron chi connectivity index (χ3n) is 1.53. The van der Waals surface area contributed by atoms with E-state index in [-0.39, 0.29) is 12.5 Å². The molecule has 0 fully saturated rings. The van der Waals surface area contributed by atoms with E-state index in [4.69, 9.17) is 11.6 Å². The number of benzene rings is 1. The summed E-state index contributed by atoms with van der Waals surface area (Å²) in [5.74, 6) is -1.32. The zero-order valence-corrected chi connectivity index (χ0v) is 8.16. The van der Waals surface area contributed by atoms with Crippen LogP contribution in [0.2, 0.25) is 0 Å². The molecule has 0 heterocycles. The van der Waals surface area contributed by atoms with Crippen molar-refractivity contribution in [2.45, 2.75) is 0 Å². The Kier molecular flexibility index (Phi) is 4.13. The fourth-order valence-corrected chi connectivity index (χ4v) is 0.981. The lowest BCUT2D eigenvalue weighted by Crippen LogP contribution is -2.18. The zero-order chi connectivity index (χ0) is 10.4. The Labute approximate surface area is 86.6 Å². The van der Waals surface area contributed by atoms with Gasteiger partial charge in [-0.25, -0.2) is 4.79 Å². The Morgan fingerprint density at radius 1 is 1.21 bits per heavy atom. The number of esters is 1. The SMILES string of the molecule is O=C(OCCCl)C(=O)c1ccccc1. The van der Waals surface area contributed by atoms with E-state index in [0.29, 0.717) is 5.56 Å². The molecule has 1 aromatic carbocycles. The van der Waals surface area contributed by atoms with Crippen LogP contribution in [-0.4, -0.2) is 24.2 Å². The number of halogens is 1. The topological polar surface area (TPSA) is 43.4 Å². The first kappa shape index (κ1) is 10.7. The van der Waals surface area contributed by atoms with Crippen molar-refractivity contribution in [2.24, 2.45) is 0 Å². The average Bonchev–Trinajstić information content (AvgIpc) is 2.26. The molecule has 1 rings (SSSR count). The summed E-state index contributed by atoms with van der Waals surface area (Å²) < 4.78 is 4.59. The van der Waals surface area contributed by atoms with Crippen molar-refractivity contribution >= 4 is 23.4 Å². The molecule has 0 unspecified atom stereocenters. The number of ether oxygens (including phenoxy) is 1. The summed E-state index contributed by atoms with van der Waals surface area (Å²) in [5.41, 5.74) is 0.326. The quantitative estimate of drug-likeness (QED) is 0.330. The molecule has 0 aromatic heterocycles. The third-order valence-corrected chi connectivity index (χ3v) is 1.69. The van der Waals surface area contributed by atoms with Crippen molar-refractivity contribution in [1.82, 2.24) is 0 Å². The van der Waals surface area contributed by atoms with Crippen LogP contribution in [0.5, 0.6) is 0 Å². The van der Waals surface area contributed by atoms with Crippen LogP contribution in [0.3, 0.4) is 0 Å². The van der Waals surface area contributed by atoms with Crippen LogP contribution in [0.1, 0.15) is 10.4 Å². The summed E-state index contributed by atoms with van der Waals surface area (Å²) in [7, 11) is 0. The summed E-state index contributed by atoms with van der Waals surface area (Å²) in [6.45, 7) is 0.0545. The van der Waals surface area contributed by atoms with Crippen LogP contribution in [0.15, 0.2) is 30.3 Å². The number of hydrogen-bond donors (Lipinski definition) is 0. The van der Waals surface area contributed by atoms with E-state index < -0.39 is 11.8 Å². The van der Waals surface area contributed by atoms with E-state index in [1.165, 1.54) is 0 Å². The molecule has 0 saturated carbocycles. The molecule has 0 atom stereocenters. The summed E-state index contributed by atoms with van der Waals surface area (Å²) in [4.78, 5) is 22.4. The molecule has 4 heteroatoms. The van der Waals surface area contributed by atoms with Gasteiger partial charge in [-0.2, -0.15) is 0 Å². The number of Topliss-reactive ketones (excluding diaryl/α,β-unsaturated/α-hetero) is 1. The van der Waals surface area contributed by atoms with Crippen molar-refractivity contribution < 1.29 is 14.3 Å². The maximum Gasteiger partial charge on any atom is 0.379 e. The highest BCUT2D eigenvalue weighted by Crippen LogP contribution is 2.01. The lowest BCUT2D eigenvalue weighted by atomic mass is 10.1. The lowest BCUT2D eigenvalue weighted by Gasteiger charge is -2.00. The minimum atomic E-state index is -0.864. The monoisotopic (exact) mass is 212 g/mol. The van der Waals surface area contributed by atoms with Gasteiger partial charge in [0.1, 0.15) is 6.61 Å². The average molecular weight is 213 g/mol. The number of carbonyl (C=O) groups excluding carboxylic acids is 2. The van der Waals surface area contributed by atoms with E-state index in [9.17, 15) is 9.59 Å². The van der Waals surface area contributed by atoms with Gasteiger partial charge in [0.15, 0.2) is 0 Å². The van der Waals surface area contributed by atoms with Gasteiger partial charge in [0, 0.05) is 5.56 Å². The van der Waals surface area contributed by atoms with Crippen LogP contribution < -0.4 is 0 Å². The normalized spacial score (nSPS) is 9.50. The Morgan fingerprint density at radius 3 is 2.43 bits per heavy atom. The van der Waals surface area contributed by atoms with E-state index in [1.54, 1.807) is 30.3 Å². The molecule has 0 bridgehead atoms. The molecule has 0 N–H and O–H groups in total. The van der Waals surface area contributed by atoms with Gasteiger partial charge in [-0.1, -0.05) is 30.3 Å². The van der Waals surface area contributed by atoms with Crippen LogP contribution in [0, 0.1) is 0 Å². The molecule has 0 radical (unpaired) electrons. The van der Waals surface area contributed by atoms with Crippen molar-refractivity contribution in [3.63, 3.8) is 0 Å². The van der Waals surface area contributed by atoms with E-state index in [1.807, 2.05) is 0 Å².